The Labute approximate surface area is 88.3 Å². The van der Waals surface area contributed by atoms with E-state index in [4.69, 9.17) is 4.74 Å². The molecule has 3 heteroatoms. The van der Waals surface area contributed by atoms with Crippen LogP contribution in [0.2, 0.25) is 0 Å². The highest BCUT2D eigenvalue weighted by Crippen LogP contribution is 2.46. The molecule has 0 bridgehead atoms. The van der Waals surface area contributed by atoms with Gasteiger partial charge in [0.15, 0.2) is 0 Å². The third kappa shape index (κ3) is 1.38. The monoisotopic (exact) mass is 206 g/mol. The molecule has 2 aliphatic rings. The Morgan fingerprint density at radius 3 is 3.00 bits per heavy atom. The molecule has 3 atom stereocenters. The molecular formula is C12H14O3. The van der Waals surface area contributed by atoms with Crippen molar-refractivity contribution in [1.82, 2.24) is 0 Å². The van der Waals surface area contributed by atoms with Crippen LogP contribution in [0, 0.1) is 0 Å². The van der Waals surface area contributed by atoms with E-state index in [0.29, 0.717) is 18.1 Å². The first-order chi connectivity index (χ1) is 7.24. The largest absolute Gasteiger partial charge is 0.508 e. The number of fused-ring (bicyclic) bond motifs is 3. The number of phenolic OH excluding ortho intramolecular Hbond substituents is 1. The van der Waals surface area contributed by atoms with Crippen LogP contribution in [0.5, 0.6) is 11.5 Å². The molecule has 80 valence electrons. The molecule has 2 N–H and O–H groups in total. The Bertz CT molecular complexity index is 388. The van der Waals surface area contributed by atoms with Gasteiger partial charge in [-0.2, -0.15) is 0 Å². The molecular weight excluding hydrogens is 192 g/mol. The van der Waals surface area contributed by atoms with Crippen molar-refractivity contribution in [3.8, 4) is 11.5 Å². The molecule has 0 spiro atoms. The molecule has 15 heavy (non-hydrogen) atoms. The van der Waals surface area contributed by atoms with Crippen LogP contribution in [-0.4, -0.2) is 22.4 Å². The number of aliphatic hydroxyl groups excluding tert-OH is 1. The quantitative estimate of drug-likeness (QED) is 0.680. The number of phenols is 1. The van der Waals surface area contributed by atoms with E-state index in [9.17, 15) is 10.2 Å². The topological polar surface area (TPSA) is 49.7 Å². The Kier molecular flexibility index (Phi) is 1.89. The Hall–Kier alpha value is -1.22. The average molecular weight is 206 g/mol. The number of rotatable bonds is 0. The number of aliphatic hydroxyl groups is 1. The van der Waals surface area contributed by atoms with E-state index >= 15 is 0 Å². The summed E-state index contributed by atoms with van der Waals surface area (Å²) in [5.41, 5.74) is 1.10. The Morgan fingerprint density at radius 1 is 1.27 bits per heavy atom. The van der Waals surface area contributed by atoms with E-state index in [1.54, 1.807) is 12.1 Å². The molecule has 0 saturated heterocycles. The molecule has 0 aromatic heterocycles. The summed E-state index contributed by atoms with van der Waals surface area (Å²) in [7, 11) is 0. The maximum atomic E-state index is 9.56. The van der Waals surface area contributed by atoms with Crippen LogP contribution < -0.4 is 4.74 Å². The maximum Gasteiger partial charge on any atom is 0.123 e. The molecule has 1 saturated carbocycles. The van der Waals surface area contributed by atoms with Gasteiger partial charge < -0.3 is 14.9 Å². The molecule has 1 heterocycles. The van der Waals surface area contributed by atoms with Crippen molar-refractivity contribution in [3.63, 3.8) is 0 Å². The minimum atomic E-state index is -0.228. The van der Waals surface area contributed by atoms with E-state index in [2.05, 4.69) is 0 Å². The van der Waals surface area contributed by atoms with Gasteiger partial charge >= 0.3 is 0 Å². The predicted octanol–water partition coefficient (Wildman–Crippen LogP) is 1.78. The molecule has 0 radical (unpaired) electrons. The SMILES string of the molecule is Oc1ccc2c(c1)[C@@H]1CC[C@H](O)C[C@@H]1O2. The van der Waals surface area contributed by atoms with Crippen LogP contribution in [0.1, 0.15) is 30.7 Å². The van der Waals surface area contributed by atoms with Crippen molar-refractivity contribution in [1.29, 1.82) is 0 Å². The van der Waals surface area contributed by atoms with Crippen molar-refractivity contribution in [3.05, 3.63) is 23.8 Å². The number of aromatic hydroxyl groups is 1. The summed E-state index contributed by atoms with van der Waals surface area (Å²) in [6, 6.07) is 5.25. The number of benzene rings is 1. The van der Waals surface area contributed by atoms with Crippen molar-refractivity contribution < 1.29 is 14.9 Å². The average Bonchev–Trinajstić information content (AvgIpc) is 2.54. The second kappa shape index (κ2) is 3.14. The molecule has 1 aromatic carbocycles. The number of hydrogen-bond donors (Lipinski definition) is 2. The van der Waals surface area contributed by atoms with Crippen molar-refractivity contribution in [2.75, 3.05) is 0 Å². The Morgan fingerprint density at radius 2 is 2.13 bits per heavy atom. The van der Waals surface area contributed by atoms with Gasteiger partial charge in [-0.15, -0.1) is 0 Å². The van der Waals surface area contributed by atoms with E-state index in [0.717, 1.165) is 24.2 Å². The number of hydrogen-bond acceptors (Lipinski definition) is 3. The summed E-state index contributed by atoms with van der Waals surface area (Å²) >= 11 is 0. The third-order valence-corrected chi connectivity index (χ3v) is 3.44. The highest BCUT2D eigenvalue weighted by Gasteiger charge is 2.38. The zero-order chi connectivity index (χ0) is 10.4. The normalized spacial score (nSPS) is 33.0. The molecule has 3 nitrogen and oxygen atoms in total. The first kappa shape index (κ1) is 9.04. The highest BCUT2D eigenvalue weighted by atomic mass is 16.5. The maximum absolute atomic E-state index is 9.56. The summed E-state index contributed by atoms with van der Waals surface area (Å²) in [5, 5.41) is 19.0. The van der Waals surface area contributed by atoms with E-state index in [-0.39, 0.29) is 12.2 Å². The van der Waals surface area contributed by atoms with Crippen molar-refractivity contribution in [2.45, 2.75) is 37.4 Å². The fourth-order valence-corrected chi connectivity index (χ4v) is 2.69. The lowest BCUT2D eigenvalue weighted by atomic mass is 9.82. The second-order valence-electron chi connectivity index (χ2n) is 4.45. The standard InChI is InChI=1S/C12H14O3/c13-7-2-4-11-10(5-7)9-3-1-8(14)6-12(9)15-11/h2,4-5,8-9,12-14H,1,3,6H2/t8-,9-,12-/m0/s1. The van der Waals surface area contributed by atoms with Gasteiger partial charge in [-0.3, -0.25) is 0 Å². The van der Waals surface area contributed by atoms with Gasteiger partial charge in [0.1, 0.15) is 17.6 Å². The highest BCUT2D eigenvalue weighted by molar-refractivity contribution is 5.45. The fraction of sp³-hybridized carbons (Fsp3) is 0.500. The van der Waals surface area contributed by atoms with E-state index in [1.807, 2.05) is 6.07 Å². The predicted molar refractivity (Wildman–Crippen MR) is 55.1 cm³/mol. The van der Waals surface area contributed by atoms with Crippen LogP contribution in [0.15, 0.2) is 18.2 Å². The van der Waals surface area contributed by atoms with E-state index in [1.165, 1.54) is 0 Å². The van der Waals surface area contributed by atoms with Gasteiger partial charge in [0, 0.05) is 17.9 Å². The molecule has 0 unspecified atom stereocenters. The summed E-state index contributed by atoms with van der Waals surface area (Å²) in [6.07, 6.45) is 2.36. The zero-order valence-corrected chi connectivity index (χ0v) is 8.39. The molecule has 1 fully saturated rings. The van der Waals surface area contributed by atoms with E-state index < -0.39 is 0 Å². The second-order valence-corrected chi connectivity index (χ2v) is 4.45. The molecule has 1 aliphatic carbocycles. The fourth-order valence-electron chi connectivity index (χ4n) is 2.69. The minimum absolute atomic E-state index is 0.102. The number of ether oxygens (including phenoxy) is 1. The van der Waals surface area contributed by atoms with Gasteiger partial charge in [0.2, 0.25) is 0 Å². The van der Waals surface area contributed by atoms with Crippen LogP contribution >= 0.6 is 0 Å². The van der Waals surface area contributed by atoms with Crippen molar-refractivity contribution in [2.24, 2.45) is 0 Å². The summed E-state index contributed by atoms with van der Waals surface area (Å²) in [4.78, 5) is 0. The van der Waals surface area contributed by atoms with Crippen LogP contribution in [0.3, 0.4) is 0 Å². The Balaban J connectivity index is 1.96. The lowest BCUT2D eigenvalue weighted by Gasteiger charge is -2.27. The lowest BCUT2D eigenvalue weighted by molar-refractivity contribution is 0.0551. The van der Waals surface area contributed by atoms with Crippen LogP contribution in [-0.2, 0) is 0 Å². The molecule has 1 aliphatic heterocycles. The minimum Gasteiger partial charge on any atom is -0.508 e. The van der Waals surface area contributed by atoms with Gasteiger partial charge in [0.25, 0.3) is 0 Å². The van der Waals surface area contributed by atoms with Crippen molar-refractivity contribution >= 4 is 0 Å². The smallest absolute Gasteiger partial charge is 0.123 e. The molecule has 3 rings (SSSR count). The summed E-state index contributed by atoms with van der Waals surface area (Å²) in [5.74, 6) is 1.52. The first-order valence-corrected chi connectivity index (χ1v) is 5.41. The lowest BCUT2D eigenvalue weighted by Crippen LogP contribution is -2.30. The third-order valence-electron chi connectivity index (χ3n) is 3.44. The zero-order valence-electron chi connectivity index (χ0n) is 8.39. The molecule has 0 amide bonds. The first-order valence-electron chi connectivity index (χ1n) is 5.41. The summed E-state index contributed by atoms with van der Waals surface area (Å²) in [6.45, 7) is 0. The van der Waals surface area contributed by atoms with Crippen LogP contribution in [0.4, 0.5) is 0 Å². The summed E-state index contributed by atoms with van der Waals surface area (Å²) < 4.78 is 5.77. The van der Waals surface area contributed by atoms with Gasteiger partial charge in [-0.05, 0) is 31.0 Å². The van der Waals surface area contributed by atoms with Crippen LogP contribution in [0.25, 0.3) is 0 Å². The van der Waals surface area contributed by atoms with Gasteiger partial charge in [-0.25, -0.2) is 0 Å². The van der Waals surface area contributed by atoms with Gasteiger partial charge in [0.05, 0.1) is 6.10 Å². The molecule has 1 aromatic rings. The van der Waals surface area contributed by atoms with Gasteiger partial charge in [-0.1, -0.05) is 0 Å².